The minimum absolute atomic E-state index is 0.148. The van der Waals surface area contributed by atoms with Crippen molar-refractivity contribution in [3.63, 3.8) is 0 Å². The van der Waals surface area contributed by atoms with Gasteiger partial charge in [-0.2, -0.15) is 0 Å². The van der Waals surface area contributed by atoms with E-state index in [1.54, 1.807) is 41.3 Å². The van der Waals surface area contributed by atoms with Gasteiger partial charge in [-0.05, 0) is 29.3 Å². The van der Waals surface area contributed by atoms with E-state index in [1.807, 2.05) is 0 Å². The van der Waals surface area contributed by atoms with Crippen LogP contribution in [0.3, 0.4) is 0 Å². The van der Waals surface area contributed by atoms with E-state index in [1.165, 1.54) is 24.1 Å². The number of likely N-dealkylation sites (N-methyl/N-ethyl adjacent to an activating group) is 1. The van der Waals surface area contributed by atoms with Crippen molar-refractivity contribution in [2.45, 2.75) is 24.8 Å². The highest BCUT2D eigenvalue weighted by Gasteiger charge is 2.54. The maximum absolute atomic E-state index is 13.5. The average molecular weight is 472 g/mol. The molecule has 2 aliphatic rings. The molecule has 2 heterocycles. The van der Waals surface area contributed by atoms with Gasteiger partial charge in [0.15, 0.2) is 0 Å². The Morgan fingerprint density at radius 3 is 2.45 bits per heavy atom. The number of hydrogen-bond acceptors (Lipinski definition) is 4. The lowest BCUT2D eigenvalue weighted by atomic mass is 9.75. The molecule has 2 aromatic carbocycles. The molecule has 0 spiro atoms. The molecule has 172 valence electrons. The van der Waals surface area contributed by atoms with Crippen LogP contribution in [-0.2, 0) is 31.1 Å². The summed E-state index contributed by atoms with van der Waals surface area (Å²) in [7, 11) is 1.39. The van der Waals surface area contributed by atoms with E-state index in [2.05, 4.69) is 0 Å². The molecule has 0 radical (unpaired) electrons. The summed E-state index contributed by atoms with van der Waals surface area (Å²) >= 11 is 6.36. The largest absolute Gasteiger partial charge is 0.335 e. The number of carbonyl (C=O) groups excluding carboxylic acids is 4. The first-order valence-corrected chi connectivity index (χ1v) is 10.9. The van der Waals surface area contributed by atoms with E-state index in [-0.39, 0.29) is 56.7 Å². The summed E-state index contributed by atoms with van der Waals surface area (Å²) in [6.45, 7) is 0.661. The zero-order chi connectivity index (χ0) is 23.8. The van der Waals surface area contributed by atoms with E-state index in [9.17, 15) is 23.6 Å². The second kappa shape index (κ2) is 8.94. The lowest BCUT2D eigenvalue weighted by Crippen LogP contribution is -2.53. The van der Waals surface area contributed by atoms with Crippen molar-refractivity contribution in [3.8, 4) is 0 Å². The molecule has 0 aromatic heterocycles. The summed E-state index contributed by atoms with van der Waals surface area (Å²) in [5.74, 6) is -1.91. The number of amides is 4. The summed E-state index contributed by atoms with van der Waals surface area (Å²) in [4.78, 5) is 55.4. The van der Waals surface area contributed by atoms with E-state index in [0.717, 1.165) is 4.90 Å². The smallest absolute Gasteiger partial charge is 0.242 e. The molecule has 7 nitrogen and oxygen atoms in total. The molecule has 2 fully saturated rings. The zero-order valence-electron chi connectivity index (χ0n) is 18.1. The van der Waals surface area contributed by atoms with Gasteiger partial charge in [-0.1, -0.05) is 41.9 Å². The van der Waals surface area contributed by atoms with Crippen molar-refractivity contribution in [3.05, 3.63) is 70.5 Å². The quantitative estimate of drug-likeness (QED) is 0.627. The fraction of sp³-hybridized carbons (Fsp3) is 0.333. The molecular formula is C24H23ClFN3O4. The number of piperazine rings is 1. The molecule has 4 amide bonds. The molecular weight excluding hydrogens is 449 g/mol. The fourth-order valence-electron chi connectivity index (χ4n) is 4.49. The molecule has 0 bridgehead atoms. The van der Waals surface area contributed by atoms with Gasteiger partial charge in [0.1, 0.15) is 5.82 Å². The first kappa shape index (κ1) is 22.9. The molecule has 0 N–H and O–H groups in total. The number of halogens is 2. The SMILES string of the molecule is CN1C(=O)CC(CC(=O)N2CCN(Cc3cccc(F)c3)C(=O)C2)(c2ccccc2Cl)C1=O. The van der Waals surface area contributed by atoms with E-state index < -0.39 is 17.2 Å². The third-order valence-corrected chi connectivity index (χ3v) is 6.65. The Balaban J connectivity index is 1.51. The van der Waals surface area contributed by atoms with Crippen LogP contribution < -0.4 is 0 Å². The molecule has 4 rings (SSSR count). The third kappa shape index (κ3) is 4.35. The van der Waals surface area contributed by atoms with Crippen LogP contribution in [0.2, 0.25) is 5.02 Å². The van der Waals surface area contributed by atoms with Gasteiger partial charge in [-0.25, -0.2) is 4.39 Å². The number of benzene rings is 2. The molecule has 9 heteroatoms. The van der Waals surface area contributed by atoms with Gasteiger partial charge in [0.25, 0.3) is 0 Å². The zero-order valence-corrected chi connectivity index (χ0v) is 18.8. The second-order valence-corrected chi connectivity index (χ2v) is 8.84. The predicted octanol–water partition coefficient (Wildman–Crippen LogP) is 2.37. The maximum Gasteiger partial charge on any atom is 0.242 e. The summed E-state index contributed by atoms with van der Waals surface area (Å²) in [6.07, 6.45) is -0.423. The van der Waals surface area contributed by atoms with Crippen molar-refractivity contribution in [2.24, 2.45) is 0 Å². The monoisotopic (exact) mass is 471 g/mol. The molecule has 33 heavy (non-hydrogen) atoms. The van der Waals surface area contributed by atoms with Gasteiger partial charge in [-0.3, -0.25) is 24.1 Å². The Labute approximate surface area is 195 Å². The maximum atomic E-state index is 13.5. The molecule has 1 unspecified atom stereocenters. The highest BCUT2D eigenvalue weighted by Crippen LogP contribution is 2.42. The lowest BCUT2D eigenvalue weighted by molar-refractivity contribution is -0.147. The summed E-state index contributed by atoms with van der Waals surface area (Å²) in [5, 5.41) is 0.303. The number of imide groups is 1. The molecule has 2 aromatic rings. The first-order chi connectivity index (χ1) is 15.7. The highest BCUT2D eigenvalue weighted by molar-refractivity contribution is 6.32. The van der Waals surface area contributed by atoms with Crippen molar-refractivity contribution in [1.29, 1.82) is 0 Å². The predicted molar refractivity (Wildman–Crippen MR) is 119 cm³/mol. The van der Waals surface area contributed by atoms with Crippen LogP contribution in [0.5, 0.6) is 0 Å². The van der Waals surface area contributed by atoms with Gasteiger partial charge in [0.05, 0.1) is 12.0 Å². The molecule has 2 aliphatic heterocycles. The Hall–Kier alpha value is -3.26. The third-order valence-electron chi connectivity index (χ3n) is 6.32. The Kier molecular flexibility index (Phi) is 6.21. The Morgan fingerprint density at radius 1 is 1.06 bits per heavy atom. The average Bonchev–Trinajstić information content (AvgIpc) is 2.99. The Morgan fingerprint density at radius 2 is 1.82 bits per heavy atom. The highest BCUT2D eigenvalue weighted by atomic mass is 35.5. The normalized spacial score (nSPS) is 21.2. The van der Waals surface area contributed by atoms with Crippen molar-refractivity contribution < 1.29 is 23.6 Å². The molecule has 0 aliphatic carbocycles. The number of likely N-dealkylation sites (tertiary alicyclic amines) is 1. The molecule has 2 saturated heterocycles. The number of hydrogen-bond donors (Lipinski definition) is 0. The molecule has 1 atom stereocenters. The van der Waals surface area contributed by atoms with Crippen LogP contribution in [0.4, 0.5) is 4.39 Å². The van der Waals surface area contributed by atoms with Crippen LogP contribution in [0.15, 0.2) is 48.5 Å². The lowest BCUT2D eigenvalue weighted by Gasteiger charge is -2.36. The van der Waals surface area contributed by atoms with Crippen molar-refractivity contribution in [1.82, 2.24) is 14.7 Å². The van der Waals surface area contributed by atoms with Gasteiger partial charge >= 0.3 is 0 Å². The summed E-state index contributed by atoms with van der Waals surface area (Å²) in [5.41, 5.74) is -0.305. The van der Waals surface area contributed by atoms with Gasteiger partial charge in [0.2, 0.25) is 23.6 Å². The van der Waals surface area contributed by atoms with Crippen LogP contribution in [0.25, 0.3) is 0 Å². The van der Waals surface area contributed by atoms with Gasteiger partial charge in [-0.15, -0.1) is 0 Å². The van der Waals surface area contributed by atoms with E-state index in [4.69, 9.17) is 11.6 Å². The van der Waals surface area contributed by atoms with Crippen LogP contribution in [0, 0.1) is 5.82 Å². The van der Waals surface area contributed by atoms with Crippen molar-refractivity contribution >= 4 is 35.2 Å². The Bertz CT molecular complexity index is 1140. The first-order valence-electron chi connectivity index (χ1n) is 10.6. The minimum Gasteiger partial charge on any atom is -0.335 e. The minimum atomic E-state index is -1.40. The summed E-state index contributed by atoms with van der Waals surface area (Å²) < 4.78 is 13.5. The van der Waals surface area contributed by atoms with Crippen LogP contribution >= 0.6 is 11.6 Å². The second-order valence-electron chi connectivity index (χ2n) is 8.43. The number of nitrogens with zero attached hydrogens (tertiary/aromatic N) is 3. The topological polar surface area (TPSA) is 78.0 Å². The van der Waals surface area contributed by atoms with Crippen LogP contribution in [0.1, 0.15) is 24.0 Å². The summed E-state index contributed by atoms with van der Waals surface area (Å²) in [6, 6.07) is 12.7. The van der Waals surface area contributed by atoms with Crippen LogP contribution in [-0.4, -0.2) is 65.0 Å². The number of rotatable bonds is 5. The van der Waals surface area contributed by atoms with Crippen molar-refractivity contribution in [2.75, 3.05) is 26.7 Å². The van der Waals surface area contributed by atoms with Gasteiger partial charge in [0, 0.05) is 44.5 Å². The van der Waals surface area contributed by atoms with E-state index >= 15 is 0 Å². The molecule has 0 saturated carbocycles. The standard InChI is InChI=1S/C24H23ClFN3O4/c1-27-20(30)12-24(23(27)33,18-7-2-3-8-19(18)25)13-21(31)29-10-9-28(22(32)15-29)14-16-5-4-6-17(26)11-16/h2-8,11H,9-10,12-15H2,1H3. The van der Waals surface area contributed by atoms with E-state index in [0.29, 0.717) is 16.1 Å². The number of carbonyl (C=O) groups is 4. The fourth-order valence-corrected chi connectivity index (χ4v) is 4.81. The van der Waals surface area contributed by atoms with Gasteiger partial charge < -0.3 is 9.80 Å².